The molecule has 0 radical (unpaired) electrons. The molecule has 0 aliphatic carbocycles. The number of rotatable bonds is 4. The van der Waals surface area contributed by atoms with Crippen molar-refractivity contribution >= 4 is 0 Å². The quantitative estimate of drug-likeness (QED) is 0.562. The van der Waals surface area contributed by atoms with Gasteiger partial charge in [-0.3, -0.25) is 0 Å². The van der Waals surface area contributed by atoms with Crippen molar-refractivity contribution in [3.63, 3.8) is 0 Å². The number of ether oxygens (including phenoxy) is 2. The van der Waals surface area contributed by atoms with Crippen molar-refractivity contribution in [2.75, 3.05) is 14.2 Å². The Kier molecular flexibility index (Phi) is 4.67. The molecule has 0 aromatic rings. The molecule has 0 aromatic heterocycles. The van der Waals surface area contributed by atoms with E-state index in [0.717, 1.165) is 6.42 Å². The fraction of sp³-hybridized carbons (Fsp3) is 1.00. The van der Waals surface area contributed by atoms with Gasteiger partial charge in [-0.25, -0.2) is 0 Å². The molecule has 0 aromatic carbocycles. The lowest BCUT2D eigenvalue weighted by Gasteiger charge is -2.18. The summed E-state index contributed by atoms with van der Waals surface area (Å²) >= 11 is 0. The highest BCUT2D eigenvalue weighted by atomic mass is 16.7. The van der Waals surface area contributed by atoms with Crippen LogP contribution in [0.15, 0.2) is 0 Å². The fourth-order valence-electron chi connectivity index (χ4n) is 0.638. The minimum atomic E-state index is -0.255. The maximum atomic E-state index is 5.59. The molecule has 0 spiro atoms. The van der Waals surface area contributed by atoms with Crippen LogP contribution in [0.4, 0.5) is 0 Å². The smallest absolute Gasteiger partial charge is 0.171 e. The summed E-state index contributed by atoms with van der Waals surface area (Å²) in [5.41, 5.74) is 5.59. The largest absolute Gasteiger partial charge is 0.354 e. The molecule has 0 saturated carbocycles. The van der Waals surface area contributed by atoms with E-state index >= 15 is 0 Å². The predicted molar refractivity (Wildman–Crippen MR) is 36.1 cm³/mol. The maximum absolute atomic E-state index is 5.59. The first kappa shape index (κ1) is 8.88. The van der Waals surface area contributed by atoms with Gasteiger partial charge in [0, 0.05) is 14.2 Å². The van der Waals surface area contributed by atoms with Gasteiger partial charge in [-0.05, 0) is 6.42 Å². The van der Waals surface area contributed by atoms with Crippen LogP contribution in [0.3, 0.4) is 0 Å². The van der Waals surface area contributed by atoms with E-state index in [-0.39, 0.29) is 12.3 Å². The Balaban J connectivity index is 3.50. The van der Waals surface area contributed by atoms with Crippen LogP contribution < -0.4 is 5.73 Å². The van der Waals surface area contributed by atoms with Gasteiger partial charge in [0.1, 0.15) is 0 Å². The predicted octanol–water partition coefficient (Wildman–Crippen LogP) is 0.343. The summed E-state index contributed by atoms with van der Waals surface area (Å²) in [6.07, 6.45) is 0.613. The zero-order valence-corrected chi connectivity index (χ0v) is 6.26. The van der Waals surface area contributed by atoms with Gasteiger partial charge >= 0.3 is 0 Å². The van der Waals surface area contributed by atoms with Crippen molar-refractivity contribution in [3.05, 3.63) is 0 Å². The van der Waals surface area contributed by atoms with Crippen LogP contribution in [-0.4, -0.2) is 26.6 Å². The molecule has 3 nitrogen and oxygen atoms in total. The van der Waals surface area contributed by atoms with Crippen molar-refractivity contribution in [1.29, 1.82) is 0 Å². The molecular weight excluding hydrogens is 118 g/mol. The molecule has 0 bridgehead atoms. The van der Waals surface area contributed by atoms with E-state index in [2.05, 4.69) is 0 Å². The minimum Gasteiger partial charge on any atom is -0.354 e. The minimum absolute atomic E-state index is 0.0139. The second-order valence-corrected chi connectivity index (χ2v) is 1.91. The molecule has 0 fully saturated rings. The fourth-order valence-corrected chi connectivity index (χ4v) is 0.638. The molecule has 0 heterocycles. The summed E-state index contributed by atoms with van der Waals surface area (Å²) in [5.74, 6) is 0. The Labute approximate surface area is 56.1 Å². The Bertz CT molecular complexity index is 64.1. The van der Waals surface area contributed by atoms with E-state index in [1.807, 2.05) is 6.92 Å². The van der Waals surface area contributed by atoms with Crippen molar-refractivity contribution in [2.24, 2.45) is 5.73 Å². The van der Waals surface area contributed by atoms with Gasteiger partial charge in [0.25, 0.3) is 0 Å². The first-order valence-corrected chi connectivity index (χ1v) is 3.07. The first-order chi connectivity index (χ1) is 4.26. The SMILES string of the molecule is CC[C@@H](N)C(OC)OC. The van der Waals surface area contributed by atoms with Gasteiger partial charge in [-0.2, -0.15) is 0 Å². The lowest BCUT2D eigenvalue weighted by Crippen LogP contribution is -2.36. The number of hydrogen-bond acceptors (Lipinski definition) is 3. The highest BCUT2D eigenvalue weighted by molar-refractivity contribution is 4.61. The van der Waals surface area contributed by atoms with Crippen molar-refractivity contribution in [1.82, 2.24) is 0 Å². The molecule has 0 aliphatic rings. The van der Waals surface area contributed by atoms with Gasteiger partial charge in [0.05, 0.1) is 6.04 Å². The van der Waals surface area contributed by atoms with Crippen LogP contribution in [0.2, 0.25) is 0 Å². The van der Waals surface area contributed by atoms with Crippen LogP contribution in [-0.2, 0) is 9.47 Å². The Morgan fingerprint density at radius 1 is 1.33 bits per heavy atom. The molecular formula is C6H15NO2. The van der Waals surface area contributed by atoms with Crippen molar-refractivity contribution in [3.8, 4) is 0 Å². The molecule has 1 atom stereocenters. The van der Waals surface area contributed by atoms with E-state index in [9.17, 15) is 0 Å². The Morgan fingerprint density at radius 3 is 1.89 bits per heavy atom. The summed E-state index contributed by atoms with van der Waals surface area (Å²) < 4.78 is 9.81. The summed E-state index contributed by atoms with van der Waals surface area (Å²) in [6, 6.07) is -0.0139. The normalized spacial score (nSPS) is 14.3. The summed E-state index contributed by atoms with van der Waals surface area (Å²) in [5, 5.41) is 0. The Hall–Kier alpha value is -0.120. The zero-order chi connectivity index (χ0) is 7.28. The van der Waals surface area contributed by atoms with Crippen molar-refractivity contribution in [2.45, 2.75) is 25.7 Å². The third-order valence-electron chi connectivity index (χ3n) is 1.29. The summed E-state index contributed by atoms with van der Waals surface area (Å²) in [6.45, 7) is 2.00. The van der Waals surface area contributed by atoms with Gasteiger partial charge in [0.15, 0.2) is 6.29 Å². The molecule has 0 aliphatic heterocycles. The summed E-state index contributed by atoms with van der Waals surface area (Å²) in [4.78, 5) is 0. The lowest BCUT2D eigenvalue weighted by molar-refractivity contribution is -0.116. The van der Waals surface area contributed by atoms with E-state index in [1.54, 1.807) is 14.2 Å². The first-order valence-electron chi connectivity index (χ1n) is 3.07. The van der Waals surface area contributed by atoms with Crippen LogP contribution in [0.5, 0.6) is 0 Å². The molecule has 2 N–H and O–H groups in total. The summed E-state index contributed by atoms with van der Waals surface area (Å²) in [7, 11) is 3.17. The van der Waals surface area contributed by atoms with Gasteiger partial charge in [-0.15, -0.1) is 0 Å². The van der Waals surface area contributed by atoms with E-state index in [4.69, 9.17) is 15.2 Å². The molecule has 0 saturated heterocycles. The van der Waals surface area contributed by atoms with Gasteiger partial charge in [-0.1, -0.05) is 6.92 Å². The second kappa shape index (κ2) is 4.73. The molecule has 0 amide bonds. The molecule has 0 rings (SSSR count). The standard InChI is InChI=1S/C6H15NO2/c1-4-5(7)6(8-2)9-3/h5-6H,4,7H2,1-3H3/t5-/m1/s1. The lowest BCUT2D eigenvalue weighted by atomic mass is 10.2. The Morgan fingerprint density at radius 2 is 1.78 bits per heavy atom. The average molecular weight is 133 g/mol. The highest BCUT2D eigenvalue weighted by Gasteiger charge is 2.12. The van der Waals surface area contributed by atoms with Gasteiger partial charge in [0.2, 0.25) is 0 Å². The third kappa shape index (κ3) is 2.79. The number of nitrogens with two attached hydrogens (primary N) is 1. The van der Waals surface area contributed by atoms with Crippen LogP contribution >= 0.6 is 0 Å². The third-order valence-corrected chi connectivity index (χ3v) is 1.29. The van der Waals surface area contributed by atoms with E-state index in [1.165, 1.54) is 0 Å². The molecule has 9 heavy (non-hydrogen) atoms. The molecule has 3 heteroatoms. The van der Waals surface area contributed by atoms with Crippen LogP contribution in [0.1, 0.15) is 13.3 Å². The van der Waals surface area contributed by atoms with E-state index < -0.39 is 0 Å². The van der Waals surface area contributed by atoms with Crippen LogP contribution in [0, 0.1) is 0 Å². The highest BCUT2D eigenvalue weighted by Crippen LogP contribution is 1.98. The zero-order valence-electron chi connectivity index (χ0n) is 6.26. The van der Waals surface area contributed by atoms with E-state index in [0.29, 0.717) is 0 Å². The number of hydrogen-bond donors (Lipinski definition) is 1. The second-order valence-electron chi connectivity index (χ2n) is 1.91. The monoisotopic (exact) mass is 133 g/mol. The average Bonchev–Trinajstić information content (AvgIpc) is 1.90. The topological polar surface area (TPSA) is 44.5 Å². The van der Waals surface area contributed by atoms with Crippen LogP contribution in [0.25, 0.3) is 0 Å². The molecule has 0 unspecified atom stereocenters. The maximum Gasteiger partial charge on any atom is 0.171 e. The van der Waals surface area contributed by atoms with Crippen molar-refractivity contribution < 1.29 is 9.47 Å². The van der Waals surface area contributed by atoms with Gasteiger partial charge < -0.3 is 15.2 Å². The number of methoxy groups -OCH3 is 2. The molecule has 56 valence electrons.